The van der Waals surface area contributed by atoms with Crippen molar-refractivity contribution in [2.24, 2.45) is 0 Å². The van der Waals surface area contributed by atoms with Crippen LogP contribution in [0.2, 0.25) is 10.0 Å². The van der Waals surface area contributed by atoms with Crippen molar-refractivity contribution < 1.29 is 9.59 Å². The summed E-state index contributed by atoms with van der Waals surface area (Å²) in [5, 5.41) is 7.45. The molecule has 0 atom stereocenters. The first-order chi connectivity index (χ1) is 11.5. The third kappa shape index (κ3) is 5.51. The van der Waals surface area contributed by atoms with Gasteiger partial charge in [-0.2, -0.15) is 11.3 Å². The van der Waals surface area contributed by atoms with Crippen molar-refractivity contribution >= 4 is 52.0 Å². The smallest absolute Gasteiger partial charge is 0.244 e. The molecule has 7 heteroatoms. The minimum Gasteiger partial charge on any atom is -0.333 e. The first kappa shape index (κ1) is 18.8. The fourth-order valence-electron chi connectivity index (χ4n) is 2.20. The van der Waals surface area contributed by atoms with E-state index in [4.69, 9.17) is 23.2 Å². The maximum absolute atomic E-state index is 12.4. The first-order valence-electron chi connectivity index (χ1n) is 7.53. The van der Waals surface area contributed by atoms with Gasteiger partial charge in [-0.3, -0.25) is 9.59 Å². The molecule has 0 aliphatic rings. The van der Waals surface area contributed by atoms with E-state index in [1.807, 2.05) is 23.8 Å². The van der Waals surface area contributed by atoms with Crippen LogP contribution in [0, 0.1) is 0 Å². The molecule has 24 heavy (non-hydrogen) atoms. The molecule has 0 saturated carbocycles. The molecule has 0 spiro atoms. The van der Waals surface area contributed by atoms with E-state index in [1.54, 1.807) is 34.4 Å². The SMILES string of the molecule is CCCN(CC(=O)Nc1ccc(Cl)cc1Cl)C(=O)Cc1ccsc1. The summed E-state index contributed by atoms with van der Waals surface area (Å²) in [5.41, 5.74) is 1.44. The molecule has 1 N–H and O–H groups in total. The maximum Gasteiger partial charge on any atom is 0.244 e. The Kier molecular flexibility index (Phi) is 7.09. The molecule has 1 aromatic carbocycles. The molecule has 0 aliphatic carbocycles. The largest absolute Gasteiger partial charge is 0.333 e. The van der Waals surface area contributed by atoms with E-state index in [2.05, 4.69) is 5.32 Å². The first-order valence-corrected chi connectivity index (χ1v) is 9.23. The predicted molar refractivity (Wildman–Crippen MR) is 100.0 cm³/mol. The minimum atomic E-state index is -0.286. The topological polar surface area (TPSA) is 49.4 Å². The predicted octanol–water partition coefficient (Wildman–Crippen LogP) is 4.47. The van der Waals surface area contributed by atoms with Crippen molar-refractivity contribution in [1.29, 1.82) is 0 Å². The Morgan fingerprint density at radius 1 is 1.25 bits per heavy atom. The monoisotopic (exact) mass is 384 g/mol. The fraction of sp³-hybridized carbons (Fsp3) is 0.294. The zero-order chi connectivity index (χ0) is 17.5. The third-order valence-corrected chi connectivity index (χ3v) is 4.60. The van der Waals surface area contributed by atoms with Gasteiger partial charge in [0.1, 0.15) is 0 Å². The molecule has 2 amide bonds. The summed E-state index contributed by atoms with van der Waals surface area (Å²) < 4.78 is 0. The molecular weight excluding hydrogens is 367 g/mol. The van der Waals surface area contributed by atoms with Crippen molar-refractivity contribution in [2.75, 3.05) is 18.4 Å². The summed E-state index contributed by atoms with van der Waals surface area (Å²) in [7, 11) is 0. The number of halogens is 2. The lowest BCUT2D eigenvalue weighted by atomic mass is 10.2. The zero-order valence-corrected chi connectivity index (χ0v) is 15.5. The highest BCUT2D eigenvalue weighted by atomic mass is 35.5. The molecule has 128 valence electrons. The second-order valence-corrected chi connectivity index (χ2v) is 6.92. The second-order valence-electron chi connectivity index (χ2n) is 5.30. The van der Waals surface area contributed by atoms with Crippen molar-refractivity contribution in [3.63, 3.8) is 0 Å². The van der Waals surface area contributed by atoms with Crippen LogP contribution in [0.25, 0.3) is 0 Å². The number of carbonyl (C=O) groups excluding carboxylic acids is 2. The Morgan fingerprint density at radius 2 is 2.04 bits per heavy atom. The lowest BCUT2D eigenvalue weighted by Gasteiger charge is -2.21. The number of benzene rings is 1. The van der Waals surface area contributed by atoms with E-state index >= 15 is 0 Å². The number of nitrogens with zero attached hydrogens (tertiary/aromatic N) is 1. The van der Waals surface area contributed by atoms with Crippen LogP contribution in [-0.2, 0) is 16.0 Å². The quantitative estimate of drug-likeness (QED) is 0.764. The summed E-state index contributed by atoms with van der Waals surface area (Å²) in [6.07, 6.45) is 1.09. The number of hydrogen-bond donors (Lipinski definition) is 1. The van der Waals surface area contributed by atoms with E-state index in [-0.39, 0.29) is 18.4 Å². The van der Waals surface area contributed by atoms with E-state index in [0.717, 1.165) is 12.0 Å². The Balaban J connectivity index is 1.98. The van der Waals surface area contributed by atoms with Gasteiger partial charge in [0, 0.05) is 11.6 Å². The van der Waals surface area contributed by atoms with Crippen LogP contribution in [0.1, 0.15) is 18.9 Å². The molecule has 0 saturated heterocycles. The summed E-state index contributed by atoms with van der Waals surface area (Å²) >= 11 is 13.4. The van der Waals surface area contributed by atoms with Gasteiger partial charge in [0.05, 0.1) is 23.7 Å². The van der Waals surface area contributed by atoms with E-state index in [9.17, 15) is 9.59 Å². The average Bonchev–Trinajstić information content (AvgIpc) is 3.02. The molecular formula is C17H18Cl2N2O2S. The van der Waals surface area contributed by atoms with E-state index in [0.29, 0.717) is 28.7 Å². The van der Waals surface area contributed by atoms with Gasteiger partial charge in [-0.05, 0) is 47.0 Å². The molecule has 0 aliphatic heterocycles. The van der Waals surface area contributed by atoms with Gasteiger partial charge in [0.25, 0.3) is 0 Å². The lowest BCUT2D eigenvalue weighted by molar-refractivity contribution is -0.134. The Bertz CT molecular complexity index is 705. The third-order valence-electron chi connectivity index (χ3n) is 3.32. The number of nitrogens with one attached hydrogen (secondary N) is 1. The summed E-state index contributed by atoms with van der Waals surface area (Å²) in [6.45, 7) is 2.50. The van der Waals surface area contributed by atoms with Crippen molar-refractivity contribution in [3.8, 4) is 0 Å². The summed E-state index contributed by atoms with van der Waals surface area (Å²) in [5.74, 6) is -0.348. The fourth-order valence-corrected chi connectivity index (χ4v) is 3.32. The van der Waals surface area contributed by atoms with Crippen LogP contribution in [0.5, 0.6) is 0 Å². The summed E-state index contributed by atoms with van der Waals surface area (Å²) in [6, 6.07) is 6.76. The Morgan fingerprint density at radius 3 is 2.67 bits per heavy atom. The molecule has 1 aromatic heterocycles. The molecule has 4 nitrogen and oxygen atoms in total. The van der Waals surface area contributed by atoms with Crippen LogP contribution >= 0.6 is 34.5 Å². The number of hydrogen-bond acceptors (Lipinski definition) is 3. The van der Waals surface area contributed by atoms with Gasteiger partial charge in [-0.1, -0.05) is 30.1 Å². The molecule has 2 rings (SSSR count). The second kappa shape index (κ2) is 9.06. The Hall–Kier alpha value is -1.56. The zero-order valence-electron chi connectivity index (χ0n) is 13.2. The van der Waals surface area contributed by atoms with Crippen molar-refractivity contribution in [3.05, 3.63) is 50.6 Å². The van der Waals surface area contributed by atoms with Gasteiger partial charge < -0.3 is 10.2 Å². The highest BCUT2D eigenvalue weighted by Crippen LogP contribution is 2.25. The summed E-state index contributed by atoms with van der Waals surface area (Å²) in [4.78, 5) is 26.2. The number of anilines is 1. The van der Waals surface area contributed by atoms with Crippen molar-refractivity contribution in [2.45, 2.75) is 19.8 Å². The van der Waals surface area contributed by atoms with Gasteiger partial charge in [0.2, 0.25) is 11.8 Å². The number of thiophene rings is 1. The average molecular weight is 385 g/mol. The van der Waals surface area contributed by atoms with Gasteiger partial charge >= 0.3 is 0 Å². The number of carbonyl (C=O) groups is 2. The van der Waals surface area contributed by atoms with Gasteiger partial charge in [-0.25, -0.2) is 0 Å². The highest BCUT2D eigenvalue weighted by Gasteiger charge is 2.17. The van der Waals surface area contributed by atoms with Gasteiger partial charge in [-0.15, -0.1) is 0 Å². The van der Waals surface area contributed by atoms with E-state index in [1.165, 1.54) is 0 Å². The molecule has 2 aromatic rings. The van der Waals surface area contributed by atoms with Crippen LogP contribution < -0.4 is 5.32 Å². The number of amides is 2. The van der Waals surface area contributed by atoms with Crippen LogP contribution in [-0.4, -0.2) is 29.8 Å². The standard InChI is InChI=1S/C17H18Cl2N2O2S/c1-2-6-21(17(23)8-12-5-7-24-11-12)10-16(22)20-15-4-3-13(18)9-14(15)19/h3-5,7,9,11H,2,6,8,10H2,1H3,(H,20,22). The van der Waals surface area contributed by atoms with Crippen molar-refractivity contribution in [1.82, 2.24) is 4.90 Å². The van der Waals surface area contributed by atoms with Crippen LogP contribution in [0.15, 0.2) is 35.0 Å². The minimum absolute atomic E-state index is 0.00420. The molecule has 0 bridgehead atoms. The number of rotatable bonds is 7. The highest BCUT2D eigenvalue weighted by molar-refractivity contribution is 7.08. The van der Waals surface area contributed by atoms with Crippen LogP contribution in [0.3, 0.4) is 0 Å². The Labute approximate surface area is 155 Å². The van der Waals surface area contributed by atoms with E-state index < -0.39 is 0 Å². The molecule has 1 heterocycles. The lowest BCUT2D eigenvalue weighted by Crippen LogP contribution is -2.39. The molecule has 0 fully saturated rings. The van der Waals surface area contributed by atoms with Gasteiger partial charge in [0.15, 0.2) is 0 Å². The van der Waals surface area contributed by atoms with Crippen LogP contribution in [0.4, 0.5) is 5.69 Å². The maximum atomic E-state index is 12.4. The normalized spacial score (nSPS) is 10.5. The molecule has 0 radical (unpaired) electrons. The molecule has 0 unspecified atom stereocenters.